The maximum Gasteiger partial charge on any atom is 0.244 e. The summed E-state index contributed by atoms with van der Waals surface area (Å²) in [6, 6.07) is 6.97. The van der Waals surface area contributed by atoms with Gasteiger partial charge in [-0.2, -0.15) is 0 Å². The molecule has 1 heterocycles. The van der Waals surface area contributed by atoms with Gasteiger partial charge in [0.15, 0.2) is 0 Å². The van der Waals surface area contributed by atoms with E-state index in [1.807, 2.05) is 31.2 Å². The molecule has 0 aliphatic carbocycles. The van der Waals surface area contributed by atoms with E-state index < -0.39 is 6.04 Å². The molecule has 3 N–H and O–H groups in total. The molecule has 1 fully saturated rings. The van der Waals surface area contributed by atoms with Gasteiger partial charge >= 0.3 is 0 Å². The minimum Gasteiger partial charge on any atom is -0.354 e. The predicted molar refractivity (Wildman–Crippen MR) is 72.3 cm³/mol. The monoisotopic (exact) mass is 261 g/mol. The Bertz CT molecular complexity index is 470. The van der Waals surface area contributed by atoms with Gasteiger partial charge in [-0.3, -0.25) is 9.59 Å². The van der Waals surface area contributed by atoms with Crippen molar-refractivity contribution < 1.29 is 9.59 Å². The standard InChI is InChI=1S/C14H19N3O2/c1-10-2-4-11(5-3-10)13(15)14(19)17-8-6-12(18)16-7-9-17/h2-5,13H,6-9,15H2,1H3,(H,16,18). The quantitative estimate of drug-likeness (QED) is 0.806. The number of benzene rings is 1. The summed E-state index contributed by atoms with van der Waals surface area (Å²) in [6.45, 7) is 3.43. The van der Waals surface area contributed by atoms with Crippen molar-refractivity contribution in [1.82, 2.24) is 10.2 Å². The zero-order chi connectivity index (χ0) is 13.8. The fraction of sp³-hybridized carbons (Fsp3) is 0.429. The minimum atomic E-state index is -0.659. The van der Waals surface area contributed by atoms with Crippen LogP contribution in [0.4, 0.5) is 0 Å². The third-order valence-corrected chi connectivity index (χ3v) is 3.33. The largest absolute Gasteiger partial charge is 0.354 e. The third-order valence-electron chi connectivity index (χ3n) is 3.33. The first-order valence-electron chi connectivity index (χ1n) is 6.45. The SMILES string of the molecule is Cc1ccc(C(N)C(=O)N2CCNC(=O)CC2)cc1. The van der Waals surface area contributed by atoms with Crippen LogP contribution < -0.4 is 11.1 Å². The summed E-state index contributed by atoms with van der Waals surface area (Å²) in [7, 11) is 0. The van der Waals surface area contributed by atoms with Gasteiger partial charge in [-0.25, -0.2) is 0 Å². The van der Waals surface area contributed by atoms with E-state index in [9.17, 15) is 9.59 Å². The highest BCUT2D eigenvalue weighted by Gasteiger charge is 2.24. The number of nitrogens with zero attached hydrogens (tertiary/aromatic N) is 1. The molecule has 1 unspecified atom stereocenters. The van der Waals surface area contributed by atoms with E-state index in [1.54, 1.807) is 4.90 Å². The Morgan fingerprint density at radius 3 is 2.68 bits per heavy atom. The fourth-order valence-electron chi connectivity index (χ4n) is 2.10. The number of nitrogens with two attached hydrogens (primary N) is 1. The van der Waals surface area contributed by atoms with E-state index in [0.29, 0.717) is 26.1 Å². The van der Waals surface area contributed by atoms with Crippen LogP contribution in [0.2, 0.25) is 0 Å². The summed E-state index contributed by atoms with van der Waals surface area (Å²) in [5, 5.41) is 2.74. The van der Waals surface area contributed by atoms with Crippen LogP contribution in [0.15, 0.2) is 24.3 Å². The summed E-state index contributed by atoms with van der Waals surface area (Å²) in [4.78, 5) is 25.2. The van der Waals surface area contributed by atoms with E-state index >= 15 is 0 Å². The van der Waals surface area contributed by atoms with Crippen LogP contribution in [0.5, 0.6) is 0 Å². The highest BCUT2D eigenvalue weighted by molar-refractivity contribution is 5.84. The molecule has 2 amide bonds. The molecule has 102 valence electrons. The zero-order valence-electron chi connectivity index (χ0n) is 11.1. The van der Waals surface area contributed by atoms with Gasteiger partial charge in [0.25, 0.3) is 0 Å². The lowest BCUT2D eigenvalue weighted by molar-refractivity contribution is -0.132. The Morgan fingerprint density at radius 1 is 1.32 bits per heavy atom. The summed E-state index contributed by atoms with van der Waals surface area (Å²) in [5.74, 6) is -0.139. The minimum absolute atomic E-state index is 0.0146. The van der Waals surface area contributed by atoms with Gasteiger partial charge in [0.1, 0.15) is 6.04 Å². The van der Waals surface area contributed by atoms with Crippen molar-refractivity contribution in [2.24, 2.45) is 5.73 Å². The Hall–Kier alpha value is -1.88. The molecule has 19 heavy (non-hydrogen) atoms. The van der Waals surface area contributed by atoms with Crippen LogP contribution in [-0.4, -0.2) is 36.3 Å². The molecule has 2 rings (SSSR count). The van der Waals surface area contributed by atoms with Crippen LogP contribution in [0.3, 0.4) is 0 Å². The van der Waals surface area contributed by atoms with Crippen LogP contribution >= 0.6 is 0 Å². The fourth-order valence-corrected chi connectivity index (χ4v) is 2.10. The van der Waals surface area contributed by atoms with Crippen molar-refractivity contribution >= 4 is 11.8 Å². The Balaban J connectivity index is 2.05. The lowest BCUT2D eigenvalue weighted by atomic mass is 10.0. The normalized spacial score (nSPS) is 17.6. The molecule has 5 heteroatoms. The molecule has 1 aliphatic rings. The van der Waals surface area contributed by atoms with Crippen LogP contribution in [0, 0.1) is 6.92 Å². The lowest BCUT2D eigenvalue weighted by Crippen LogP contribution is -2.40. The number of hydrogen-bond donors (Lipinski definition) is 2. The molecule has 0 saturated carbocycles. The van der Waals surface area contributed by atoms with Crippen LogP contribution in [0.1, 0.15) is 23.6 Å². The highest BCUT2D eigenvalue weighted by atomic mass is 16.2. The van der Waals surface area contributed by atoms with Gasteiger partial charge in [0.2, 0.25) is 11.8 Å². The maximum absolute atomic E-state index is 12.3. The molecule has 1 aromatic rings. The number of nitrogens with one attached hydrogen (secondary N) is 1. The van der Waals surface area contributed by atoms with Gasteiger partial charge in [0.05, 0.1) is 0 Å². The highest BCUT2D eigenvalue weighted by Crippen LogP contribution is 2.15. The lowest BCUT2D eigenvalue weighted by Gasteiger charge is -2.23. The second-order valence-corrected chi connectivity index (χ2v) is 4.81. The first-order valence-corrected chi connectivity index (χ1v) is 6.45. The van der Waals surface area contributed by atoms with Crippen molar-refractivity contribution in [2.45, 2.75) is 19.4 Å². The Labute approximate surface area is 112 Å². The summed E-state index contributed by atoms with van der Waals surface area (Å²) in [6.07, 6.45) is 0.340. The molecule has 1 saturated heterocycles. The van der Waals surface area contributed by atoms with Crippen molar-refractivity contribution in [1.29, 1.82) is 0 Å². The second-order valence-electron chi connectivity index (χ2n) is 4.81. The number of carbonyl (C=O) groups excluding carboxylic acids is 2. The molecule has 0 bridgehead atoms. The molecule has 0 radical (unpaired) electrons. The third kappa shape index (κ3) is 3.32. The van der Waals surface area contributed by atoms with Crippen molar-refractivity contribution in [3.05, 3.63) is 35.4 Å². The van der Waals surface area contributed by atoms with Crippen molar-refractivity contribution in [3.8, 4) is 0 Å². The van der Waals surface area contributed by atoms with Gasteiger partial charge < -0.3 is 16.0 Å². The molecule has 0 spiro atoms. The predicted octanol–water partition coefficient (Wildman–Crippen LogP) is 0.343. The first-order chi connectivity index (χ1) is 9.08. The summed E-state index contributed by atoms with van der Waals surface area (Å²) < 4.78 is 0. The van der Waals surface area contributed by atoms with Gasteiger partial charge in [-0.05, 0) is 12.5 Å². The molecule has 1 aliphatic heterocycles. The number of carbonyl (C=O) groups is 2. The van der Waals surface area contributed by atoms with E-state index in [4.69, 9.17) is 5.73 Å². The molecule has 1 atom stereocenters. The molecular weight excluding hydrogens is 242 g/mol. The zero-order valence-corrected chi connectivity index (χ0v) is 11.1. The van der Waals surface area contributed by atoms with Gasteiger partial charge in [0, 0.05) is 26.1 Å². The van der Waals surface area contributed by atoms with Crippen LogP contribution in [-0.2, 0) is 9.59 Å². The molecule has 5 nitrogen and oxygen atoms in total. The van der Waals surface area contributed by atoms with Crippen LogP contribution in [0.25, 0.3) is 0 Å². The van der Waals surface area contributed by atoms with E-state index in [1.165, 1.54) is 0 Å². The smallest absolute Gasteiger partial charge is 0.244 e. The first kappa shape index (κ1) is 13.5. The van der Waals surface area contributed by atoms with Crippen molar-refractivity contribution in [2.75, 3.05) is 19.6 Å². The van der Waals surface area contributed by atoms with Gasteiger partial charge in [-0.15, -0.1) is 0 Å². The number of amides is 2. The molecule has 1 aromatic carbocycles. The summed E-state index contributed by atoms with van der Waals surface area (Å²) >= 11 is 0. The summed E-state index contributed by atoms with van der Waals surface area (Å²) in [5.41, 5.74) is 7.95. The van der Waals surface area contributed by atoms with Gasteiger partial charge in [-0.1, -0.05) is 29.8 Å². The topological polar surface area (TPSA) is 75.4 Å². The Morgan fingerprint density at radius 2 is 2.00 bits per heavy atom. The van der Waals surface area contributed by atoms with Crippen molar-refractivity contribution in [3.63, 3.8) is 0 Å². The van der Waals surface area contributed by atoms with E-state index in [2.05, 4.69) is 5.32 Å². The Kier molecular flexibility index (Phi) is 4.16. The average Bonchev–Trinajstić information content (AvgIpc) is 2.63. The molecular formula is C14H19N3O2. The molecule has 0 aromatic heterocycles. The van der Waals surface area contributed by atoms with E-state index in [-0.39, 0.29) is 11.8 Å². The second kappa shape index (κ2) is 5.84. The number of aryl methyl sites for hydroxylation is 1. The number of hydrogen-bond acceptors (Lipinski definition) is 3. The van der Waals surface area contributed by atoms with E-state index in [0.717, 1.165) is 11.1 Å². The number of rotatable bonds is 2. The average molecular weight is 261 g/mol. The maximum atomic E-state index is 12.3.